The van der Waals surface area contributed by atoms with Crippen LogP contribution in [0.4, 0.5) is 40.8 Å². The number of nitrogens with two attached hydrogens (primary N) is 1. The van der Waals surface area contributed by atoms with Gasteiger partial charge in [-0.2, -0.15) is 18.3 Å². The molecule has 0 fully saturated rings. The molecule has 208 valence electrons. The molecule has 0 radical (unpaired) electrons. The van der Waals surface area contributed by atoms with E-state index in [4.69, 9.17) is 22.1 Å². The summed E-state index contributed by atoms with van der Waals surface area (Å²) in [5.41, 5.74) is 7.48. The van der Waals surface area contributed by atoms with Crippen LogP contribution in [0.2, 0.25) is 5.02 Å². The summed E-state index contributed by atoms with van der Waals surface area (Å²) in [6, 6.07) is 14.2. The van der Waals surface area contributed by atoms with Crippen molar-refractivity contribution >= 4 is 46.4 Å². The molecule has 0 aliphatic heterocycles. The predicted molar refractivity (Wildman–Crippen MR) is 147 cm³/mol. The van der Waals surface area contributed by atoms with Crippen molar-refractivity contribution in [3.8, 4) is 5.75 Å². The minimum absolute atomic E-state index is 0.0907. The number of rotatable bonds is 7. The molecule has 0 atom stereocenters. The first kappa shape index (κ1) is 28.3. The Bertz CT molecular complexity index is 1550. The van der Waals surface area contributed by atoms with E-state index in [1.165, 1.54) is 24.4 Å². The number of urea groups is 1. The van der Waals surface area contributed by atoms with E-state index in [2.05, 4.69) is 21.0 Å². The second kappa shape index (κ2) is 11.6. The van der Waals surface area contributed by atoms with Crippen molar-refractivity contribution in [2.24, 2.45) is 0 Å². The Morgan fingerprint density at radius 2 is 1.65 bits per heavy atom. The fourth-order valence-corrected chi connectivity index (χ4v) is 4.05. The highest BCUT2D eigenvalue weighted by Gasteiger charge is 2.33. The molecule has 0 spiro atoms. The number of nitrogens with zero attached hydrogens (tertiary/aromatic N) is 2. The smallest absolute Gasteiger partial charge is 0.417 e. The van der Waals surface area contributed by atoms with Crippen molar-refractivity contribution < 1.29 is 27.5 Å². The van der Waals surface area contributed by atoms with Gasteiger partial charge in [-0.1, -0.05) is 23.7 Å². The average Bonchev–Trinajstić information content (AvgIpc) is 3.23. The third kappa shape index (κ3) is 6.64. The van der Waals surface area contributed by atoms with Gasteiger partial charge in [0.1, 0.15) is 17.3 Å². The van der Waals surface area contributed by atoms with Crippen molar-refractivity contribution in [2.75, 3.05) is 28.8 Å². The first-order chi connectivity index (χ1) is 18.9. The summed E-state index contributed by atoms with van der Waals surface area (Å²) in [5.74, 6) is 0.557. The number of methoxy groups -OCH3 is 1. The van der Waals surface area contributed by atoms with Crippen molar-refractivity contribution in [3.05, 3.63) is 94.1 Å². The molecular weight excluding hydrogens is 549 g/mol. The molecule has 4 aromatic rings. The zero-order chi connectivity index (χ0) is 29.0. The summed E-state index contributed by atoms with van der Waals surface area (Å²) in [4.78, 5) is 25.3. The number of aromatic nitrogens is 2. The SMILES string of the molecule is COc1ccc(Cn2ncc(NC(=O)c3ccc(NC(=O)Nc4ccc(Cl)c(C(F)(F)F)c4)cc3C)c2N)cc1. The molecule has 3 amide bonds. The summed E-state index contributed by atoms with van der Waals surface area (Å²) in [5, 5.41) is 11.4. The number of anilines is 4. The van der Waals surface area contributed by atoms with Gasteiger partial charge >= 0.3 is 12.2 Å². The number of hydrogen-bond donors (Lipinski definition) is 4. The summed E-state index contributed by atoms with van der Waals surface area (Å²) in [6.07, 6.45) is -3.22. The van der Waals surface area contributed by atoms with E-state index in [9.17, 15) is 22.8 Å². The van der Waals surface area contributed by atoms with E-state index in [0.717, 1.165) is 23.4 Å². The molecule has 13 heteroatoms. The Morgan fingerprint density at radius 3 is 2.27 bits per heavy atom. The highest BCUT2D eigenvalue weighted by molar-refractivity contribution is 6.31. The van der Waals surface area contributed by atoms with Crippen LogP contribution in [-0.4, -0.2) is 28.8 Å². The van der Waals surface area contributed by atoms with Gasteiger partial charge in [0, 0.05) is 16.9 Å². The van der Waals surface area contributed by atoms with E-state index in [0.29, 0.717) is 29.0 Å². The maximum atomic E-state index is 13.1. The molecule has 0 bridgehead atoms. The lowest BCUT2D eigenvalue weighted by Gasteiger charge is -2.13. The second-order valence-electron chi connectivity index (χ2n) is 8.70. The number of amides is 3. The molecule has 1 heterocycles. The summed E-state index contributed by atoms with van der Waals surface area (Å²) >= 11 is 5.61. The van der Waals surface area contributed by atoms with Crippen LogP contribution < -0.4 is 26.4 Å². The summed E-state index contributed by atoms with van der Waals surface area (Å²) in [6.45, 7) is 2.06. The van der Waals surface area contributed by atoms with Crippen LogP contribution in [-0.2, 0) is 12.7 Å². The molecule has 0 aliphatic carbocycles. The zero-order valence-electron chi connectivity index (χ0n) is 21.3. The number of nitrogen functional groups attached to an aromatic ring is 1. The summed E-state index contributed by atoms with van der Waals surface area (Å²) < 4.78 is 45.9. The van der Waals surface area contributed by atoms with Gasteiger partial charge in [-0.15, -0.1) is 0 Å². The van der Waals surface area contributed by atoms with Crippen LogP contribution in [0.1, 0.15) is 27.0 Å². The molecule has 0 saturated carbocycles. The number of ether oxygens (including phenoxy) is 1. The van der Waals surface area contributed by atoms with Crippen molar-refractivity contribution in [3.63, 3.8) is 0 Å². The minimum atomic E-state index is -4.67. The molecular formula is C27H24ClF3N6O3. The predicted octanol–water partition coefficient (Wildman–Crippen LogP) is 6.40. The monoisotopic (exact) mass is 572 g/mol. The van der Waals surface area contributed by atoms with Gasteiger partial charge < -0.3 is 26.4 Å². The maximum absolute atomic E-state index is 13.1. The second-order valence-corrected chi connectivity index (χ2v) is 9.11. The first-order valence-electron chi connectivity index (χ1n) is 11.8. The third-order valence-corrected chi connectivity index (χ3v) is 6.21. The minimum Gasteiger partial charge on any atom is -0.497 e. The topological polar surface area (TPSA) is 123 Å². The Morgan fingerprint density at radius 1 is 1.00 bits per heavy atom. The number of halogens is 4. The first-order valence-corrected chi connectivity index (χ1v) is 12.1. The van der Waals surface area contributed by atoms with Gasteiger partial charge in [0.2, 0.25) is 0 Å². The van der Waals surface area contributed by atoms with Crippen molar-refractivity contribution in [1.29, 1.82) is 0 Å². The highest BCUT2D eigenvalue weighted by atomic mass is 35.5. The van der Waals surface area contributed by atoms with Gasteiger partial charge in [0.15, 0.2) is 0 Å². The lowest BCUT2D eigenvalue weighted by molar-refractivity contribution is -0.137. The molecule has 1 aromatic heterocycles. The number of benzene rings is 3. The molecule has 40 heavy (non-hydrogen) atoms. The third-order valence-electron chi connectivity index (χ3n) is 5.88. The zero-order valence-corrected chi connectivity index (χ0v) is 22.0. The number of carbonyl (C=O) groups is 2. The van der Waals surface area contributed by atoms with Crippen LogP contribution in [0.3, 0.4) is 0 Å². The number of nitrogens with one attached hydrogen (secondary N) is 3. The van der Waals surface area contributed by atoms with Gasteiger partial charge in [-0.05, 0) is 66.6 Å². The van der Waals surface area contributed by atoms with Crippen LogP contribution in [0.5, 0.6) is 5.75 Å². The van der Waals surface area contributed by atoms with E-state index in [1.54, 1.807) is 24.8 Å². The van der Waals surface area contributed by atoms with Gasteiger partial charge in [-0.3, -0.25) is 4.79 Å². The van der Waals surface area contributed by atoms with E-state index in [-0.39, 0.29) is 11.5 Å². The van der Waals surface area contributed by atoms with E-state index >= 15 is 0 Å². The van der Waals surface area contributed by atoms with Crippen molar-refractivity contribution in [1.82, 2.24) is 9.78 Å². The van der Waals surface area contributed by atoms with Crippen LogP contribution in [0.15, 0.2) is 66.9 Å². The fourth-order valence-electron chi connectivity index (χ4n) is 3.82. The number of aryl methyl sites for hydroxylation is 1. The molecule has 5 N–H and O–H groups in total. The number of hydrogen-bond acceptors (Lipinski definition) is 5. The Balaban J connectivity index is 1.39. The number of alkyl halides is 3. The fraction of sp³-hybridized carbons (Fsp3) is 0.148. The Labute approximate surface area is 232 Å². The molecule has 3 aromatic carbocycles. The van der Waals surface area contributed by atoms with Gasteiger partial charge in [-0.25, -0.2) is 9.48 Å². The lowest BCUT2D eigenvalue weighted by atomic mass is 10.1. The molecule has 0 saturated heterocycles. The van der Waals surface area contributed by atoms with Crippen LogP contribution in [0, 0.1) is 6.92 Å². The molecule has 0 unspecified atom stereocenters. The van der Waals surface area contributed by atoms with Crippen molar-refractivity contribution in [2.45, 2.75) is 19.6 Å². The Kier molecular flexibility index (Phi) is 8.19. The molecule has 0 aliphatic rings. The normalized spacial score (nSPS) is 11.2. The largest absolute Gasteiger partial charge is 0.497 e. The Hall–Kier alpha value is -4.71. The quantitative estimate of drug-likeness (QED) is 0.204. The summed E-state index contributed by atoms with van der Waals surface area (Å²) in [7, 11) is 1.58. The molecule has 9 nitrogen and oxygen atoms in total. The van der Waals surface area contributed by atoms with Gasteiger partial charge in [0.25, 0.3) is 5.91 Å². The lowest BCUT2D eigenvalue weighted by Crippen LogP contribution is -2.20. The van der Waals surface area contributed by atoms with Crippen LogP contribution in [0.25, 0.3) is 0 Å². The highest BCUT2D eigenvalue weighted by Crippen LogP contribution is 2.36. The standard InChI is InChI=1S/C27H24ClF3N6O3/c1-15-11-17(34-26(39)35-18-6-10-22(28)21(12-18)27(29,30)31)5-9-20(15)25(38)36-23-13-33-37(24(23)32)14-16-3-7-19(40-2)8-4-16/h3-13H,14,32H2,1-2H3,(H,36,38)(H2,34,35,39). The van der Waals surface area contributed by atoms with Gasteiger partial charge in [0.05, 0.1) is 30.4 Å². The average molecular weight is 573 g/mol. The molecule has 4 rings (SSSR count). The van der Waals surface area contributed by atoms with E-state index < -0.39 is 28.7 Å². The van der Waals surface area contributed by atoms with Crippen LogP contribution >= 0.6 is 11.6 Å². The van der Waals surface area contributed by atoms with E-state index in [1.807, 2.05) is 24.3 Å². The maximum Gasteiger partial charge on any atom is 0.417 e. The number of carbonyl (C=O) groups excluding carboxylic acids is 2.